The van der Waals surface area contributed by atoms with Crippen LogP contribution in [0.3, 0.4) is 0 Å². The Morgan fingerprint density at radius 3 is 2.63 bits per heavy atom. The second-order valence-corrected chi connectivity index (χ2v) is 6.35. The van der Waals surface area contributed by atoms with E-state index in [0.717, 1.165) is 5.56 Å². The van der Waals surface area contributed by atoms with Gasteiger partial charge in [-0.15, -0.1) is 0 Å². The highest BCUT2D eigenvalue weighted by Gasteiger charge is 2.14. The number of amides is 1. The van der Waals surface area contributed by atoms with E-state index in [1.165, 1.54) is 0 Å². The third-order valence-electron chi connectivity index (χ3n) is 4.28. The number of benzene rings is 3. The minimum Gasteiger partial charge on any atom is -0.496 e. The molecule has 7 heteroatoms. The minimum atomic E-state index is -0.267. The number of hydrogen-bond donors (Lipinski definition) is 1. The van der Waals surface area contributed by atoms with Crippen LogP contribution >= 0.6 is 0 Å². The summed E-state index contributed by atoms with van der Waals surface area (Å²) in [7, 11) is 1.59. The van der Waals surface area contributed by atoms with Gasteiger partial charge in [-0.3, -0.25) is 4.79 Å². The van der Waals surface area contributed by atoms with E-state index in [-0.39, 0.29) is 12.5 Å². The van der Waals surface area contributed by atoms with E-state index in [0.29, 0.717) is 34.5 Å². The van der Waals surface area contributed by atoms with E-state index in [4.69, 9.17) is 14.0 Å². The number of ether oxygens (including phenoxy) is 2. The van der Waals surface area contributed by atoms with Crippen LogP contribution in [0.25, 0.3) is 22.8 Å². The second kappa shape index (κ2) is 8.91. The number of carbonyl (C=O) groups excluding carboxylic acids is 1. The first-order valence-corrected chi connectivity index (χ1v) is 9.28. The van der Waals surface area contributed by atoms with Crippen molar-refractivity contribution >= 4 is 11.6 Å². The van der Waals surface area contributed by atoms with Crippen molar-refractivity contribution in [1.82, 2.24) is 10.1 Å². The van der Waals surface area contributed by atoms with E-state index in [9.17, 15) is 4.79 Å². The van der Waals surface area contributed by atoms with Gasteiger partial charge in [-0.2, -0.15) is 4.98 Å². The number of para-hydroxylation sites is 2. The van der Waals surface area contributed by atoms with Crippen molar-refractivity contribution < 1.29 is 18.8 Å². The first-order valence-electron chi connectivity index (χ1n) is 9.28. The van der Waals surface area contributed by atoms with Gasteiger partial charge in [-0.25, -0.2) is 0 Å². The number of methoxy groups -OCH3 is 1. The first kappa shape index (κ1) is 19.2. The third kappa shape index (κ3) is 4.47. The van der Waals surface area contributed by atoms with Gasteiger partial charge >= 0.3 is 0 Å². The fourth-order valence-electron chi connectivity index (χ4n) is 2.87. The molecular formula is C23H19N3O4. The highest BCUT2D eigenvalue weighted by molar-refractivity contribution is 5.92. The van der Waals surface area contributed by atoms with Crippen LogP contribution in [0, 0.1) is 0 Å². The number of aromatic nitrogens is 2. The molecule has 0 atom stereocenters. The van der Waals surface area contributed by atoms with Crippen molar-refractivity contribution in [2.24, 2.45) is 0 Å². The van der Waals surface area contributed by atoms with Crippen LogP contribution in [0.1, 0.15) is 0 Å². The standard InChI is InChI=1S/C23H19N3O4/c1-28-20-13-6-5-12-19(20)22-25-23(30-26-22)16-8-7-9-17(14-16)24-21(27)15-29-18-10-3-2-4-11-18/h2-14H,15H2,1H3,(H,24,27). The van der Waals surface area contributed by atoms with Gasteiger partial charge in [0.2, 0.25) is 5.82 Å². The van der Waals surface area contributed by atoms with Gasteiger partial charge in [0.1, 0.15) is 11.5 Å². The molecule has 0 unspecified atom stereocenters. The molecule has 0 bridgehead atoms. The SMILES string of the molecule is COc1ccccc1-c1noc(-c2cccc(NC(=O)COc3ccccc3)c2)n1. The van der Waals surface area contributed by atoms with Gasteiger partial charge < -0.3 is 19.3 Å². The summed E-state index contributed by atoms with van der Waals surface area (Å²) >= 11 is 0. The Morgan fingerprint density at radius 2 is 1.80 bits per heavy atom. The zero-order chi connectivity index (χ0) is 20.8. The molecule has 0 saturated heterocycles. The zero-order valence-corrected chi connectivity index (χ0v) is 16.2. The molecule has 30 heavy (non-hydrogen) atoms. The van der Waals surface area contributed by atoms with Crippen molar-refractivity contribution in [2.45, 2.75) is 0 Å². The molecule has 0 spiro atoms. The van der Waals surface area contributed by atoms with Crippen LogP contribution in [0.5, 0.6) is 11.5 Å². The number of nitrogens with zero attached hydrogens (tertiary/aromatic N) is 2. The van der Waals surface area contributed by atoms with Crippen molar-refractivity contribution in [3.63, 3.8) is 0 Å². The molecule has 1 heterocycles. The molecule has 150 valence electrons. The molecule has 4 rings (SSSR count). The fraction of sp³-hybridized carbons (Fsp3) is 0.0870. The maximum atomic E-state index is 12.2. The minimum absolute atomic E-state index is 0.0905. The summed E-state index contributed by atoms with van der Waals surface area (Å²) in [5, 5.41) is 6.86. The van der Waals surface area contributed by atoms with Crippen molar-refractivity contribution in [2.75, 3.05) is 19.0 Å². The molecule has 1 amide bonds. The Balaban J connectivity index is 1.46. The zero-order valence-electron chi connectivity index (χ0n) is 16.2. The molecule has 1 N–H and O–H groups in total. The third-order valence-corrected chi connectivity index (χ3v) is 4.28. The molecule has 0 aliphatic heterocycles. The summed E-state index contributed by atoms with van der Waals surface area (Å²) in [6, 6.07) is 23.8. The van der Waals surface area contributed by atoms with Crippen molar-refractivity contribution in [3.05, 3.63) is 78.9 Å². The largest absolute Gasteiger partial charge is 0.496 e. The number of rotatable bonds is 7. The Morgan fingerprint density at radius 1 is 1.00 bits per heavy atom. The van der Waals surface area contributed by atoms with Crippen LogP contribution < -0.4 is 14.8 Å². The number of hydrogen-bond acceptors (Lipinski definition) is 6. The molecule has 0 fully saturated rings. The van der Waals surface area contributed by atoms with Gasteiger partial charge in [-0.05, 0) is 42.5 Å². The van der Waals surface area contributed by atoms with E-state index in [1.54, 1.807) is 37.4 Å². The van der Waals surface area contributed by atoms with E-state index in [2.05, 4.69) is 15.5 Å². The second-order valence-electron chi connectivity index (χ2n) is 6.35. The average molecular weight is 401 g/mol. The summed E-state index contributed by atoms with van der Waals surface area (Å²) in [5.41, 5.74) is 2.02. The number of anilines is 1. The lowest BCUT2D eigenvalue weighted by Crippen LogP contribution is -2.20. The predicted octanol–water partition coefficient (Wildman–Crippen LogP) is 4.43. The first-order chi connectivity index (χ1) is 14.7. The van der Waals surface area contributed by atoms with Gasteiger partial charge in [0.05, 0.1) is 12.7 Å². The van der Waals surface area contributed by atoms with Crippen LogP contribution in [-0.4, -0.2) is 29.8 Å². The summed E-state index contributed by atoms with van der Waals surface area (Å²) < 4.78 is 16.2. The summed E-state index contributed by atoms with van der Waals surface area (Å²) in [5.74, 6) is 1.79. The van der Waals surface area contributed by atoms with Crippen LogP contribution in [0.2, 0.25) is 0 Å². The number of carbonyl (C=O) groups is 1. The van der Waals surface area contributed by atoms with Crippen molar-refractivity contribution in [1.29, 1.82) is 0 Å². The Bertz CT molecular complexity index is 1140. The molecule has 1 aromatic heterocycles. The lowest BCUT2D eigenvalue weighted by atomic mass is 10.2. The smallest absolute Gasteiger partial charge is 0.262 e. The molecule has 0 radical (unpaired) electrons. The normalized spacial score (nSPS) is 10.4. The maximum Gasteiger partial charge on any atom is 0.262 e. The summed E-state index contributed by atoms with van der Waals surface area (Å²) in [6.45, 7) is -0.0905. The quantitative estimate of drug-likeness (QED) is 0.493. The van der Waals surface area contributed by atoms with Gasteiger partial charge in [0, 0.05) is 11.3 Å². The Labute approximate surface area is 173 Å². The van der Waals surface area contributed by atoms with E-state index < -0.39 is 0 Å². The summed E-state index contributed by atoms with van der Waals surface area (Å²) in [4.78, 5) is 16.7. The van der Waals surface area contributed by atoms with E-state index in [1.807, 2.05) is 48.5 Å². The molecular weight excluding hydrogens is 382 g/mol. The molecule has 0 aliphatic carbocycles. The van der Waals surface area contributed by atoms with Gasteiger partial charge in [0.25, 0.3) is 11.8 Å². The molecule has 4 aromatic rings. The fourth-order valence-corrected chi connectivity index (χ4v) is 2.87. The monoisotopic (exact) mass is 401 g/mol. The topological polar surface area (TPSA) is 86.5 Å². The van der Waals surface area contributed by atoms with Crippen LogP contribution in [-0.2, 0) is 4.79 Å². The maximum absolute atomic E-state index is 12.2. The predicted molar refractivity (Wildman–Crippen MR) is 112 cm³/mol. The molecule has 3 aromatic carbocycles. The van der Waals surface area contributed by atoms with Gasteiger partial charge in [-0.1, -0.05) is 41.6 Å². The number of nitrogens with one attached hydrogen (secondary N) is 1. The van der Waals surface area contributed by atoms with E-state index >= 15 is 0 Å². The van der Waals surface area contributed by atoms with Gasteiger partial charge in [0.15, 0.2) is 6.61 Å². The molecule has 7 nitrogen and oxygen atoms in total. The van der Waals surface area contributed by atoms with Crippen molar-refractivity contribution in [3.8, 4) is 34.3 Å². The molecule has 0 saturated carbocycles. The average Bonchev–Trinajstić information content (AvgIpc) is 3.29. The molecule has 0 aliphatic rings. The Kier molecular flexibility index (Phi) is 5.70. The summed E-state index contributed by atoms with van der Waals surface area (Å²) in [6.07, 6.45) is 0. The highest BCUT2D eigenvalue weighted by Crippen LogP contribution is 2.29. The van der Waals surface area contributed by atoms with Crippen LogP contribution in [0.15, 0.2) is 83.4 Å². The lowest BCUT2D eigenvalue weighted by molar-refractivity contribution is -0.118. The Hall–Kier alpha value is -4.13. The van der Waals surface area contributed by atoms with Crippen LogP contribution in [0.4, 0.5) is 5.69 Å². The highest BCUT2D eigenvalue weighted by atomic mass is 16.5. The lowest BCUT2D eigenvalue weighted by Gasteiger charge is -2.08.